The Kier molecular flexibility index (Phi) is 4.27. The molecule has 1 N–H and O–H groups in total. The number of nitrogens with one attached hydrogen (secondary N) is 1. The molecule has 0 radical (unpaired) electrons. The number of nitrogens with zero attached hydrogens (tertiary/aromatic N) is 1. The largest absolute Gasteiger partial charge is 0.333 e. The molecule has 0 bridgehead atoms. The standard InChI is InChI=1S/C14H22N2OS/c1-10-6-11(2)9-16(8-10)14(17)15-7-13-12(3)4-5-18-13/h4-5,10-11H,6-9H2,1-3H3,(H,15,17). The summed E-state index contributed by atoms with van der Waals surface area (Å²) >= 11 is 1.71. The van der Waals surface area contributed by atoms with Crippen molar-refractivity contribution in [2.45, 2.75) is 33.7 Å². The molecule has 1 saturated heterocycles. The van der Waals surface area contributed by atoms with Crippen LogP contribution in [0.2, 0.25) is 0 Å². The van der Waals surface area contributed by atoms with Crippen LogP contribution in [0.25, 0.3) is 0 Å². The Morgan fingerprint density at radius 2 is 2.11 bits per heavy atom. The third-order valence-electron chi connectivity index (χ3n) is 3.52. The van der Waals surface area contributed by atoms with Gasteiger partial charge in [-0.25, -0.2) is 4.79 Å². The predicted octanol–water partition coefficient (Wildman–Crippen LogP) is 3.24. The van der Waals surface area contributed by atoms with E-state index in [4.69, 9.17) is 0 Å². The van der Waals surface area contributed by atoms with Crippen LogP contribution in [0.5, 0.6) is 0 Å². The molecule has 4 heteroatoms. The number of aryl methyl sites for hydroxylation is 1. The minimum atomic E-state index is 0.0844. The molecule has 0 aromatic carbocycles. The lowest BCUT2D eigenvalue weighted by atomic mass is 9.92. The van der Waals surface area contributed by atoms with Gasteiger partial charge in [-0.3, -0.25) is 0 Å². The van der Waals surface area contributed by atoms with Crippen molar-refractivity contribution < 1.29 is 4.79 Å². The highest BCUT2D eigenvalue weighted by atomic mass is 32.1. The van der Waals surface area contributed by atoms with Crippen LogP contribution >= 0.6 is 11.3 Å². The van der Waals surface area contributed by atoms with Crippen LogP contribution < -0.4 is 5.32 Å². The van der Waals surface area contributed by atoms with E-state index < -0.39 is 0 Å². The van der Waals surface area contributed by atoms with Gasteiger partial charge in [-0.2, -0.15) is 0 Å². The van der Waals surface area contributed by atoms with Crippen molar-refractivity contribution in [1.29, 1.82) is 0 Å². The second-order valence-corrected chi connectivity index (χ2v) is 6.54. The number of amides is 2. The summed E-state index contributed by atoms with van der Waals surface area (Å²) < 4.78 is 0. The molecule has 1 aliphatic heterocycles. The van der Waals surface area contributed by atoms with Crippen molar-refractivity contribution in [3.63, 3.8) is 0 Å². The lowest BCUT2D eigenvalue weighted by Crippen LogP contribution is -2.47. The number of urea groups is 1. The van der Waals surface area contributed by atoms with Gasteiger partial charge in [-0.15, -0.1) is 11.3 Å². The second kappa shape index (κ2) is 5.74. The number of carbonyl (C=O) groups excluding carboxylic acids is 1. The molecule has 1 aromatic heterocycles. The third kappa shape index (κ3) is 3.25. The van der Waals surface area contributed by atoms with Gasteiger partial charge in [-0.1, -0.05) is 13.8 Å². The van der Waals surface area contributed by atoms with Gasteiger partial charge in [-0.05, 0) is 42.2 Å². The third-order valence-corrected chi connectivity index (χ3v) is 4.55. The average molecular weight is 266 g/mol. The number of rotatable bonds is 2. The van der Waals surface area contributed by atoms with E-state index in [1.807, 2.05) is 4.90 Å². The van der Waals surface area contributed by atoms with Crippen molar-refractivity contribution in [3.8, 4) is 0 Å². The van der Waals surface area contributed by atoms with Gasteiger partial charge in [0.1, 0.15) is 0 Å². The van der Waals surface area contributed by atoms with E-state index in [1.54, 1.807) is 11.3 Å². The number of piperidine rings is 1. The van der Waals surface area contributed by atoms with Crippen molar-refractivity contribution in [3.05, 3.63) is 21.9 Å². The van der Waals surface area contributed by atoms with Gasteiger partial charge in [0.2, 0.25) is 0 Å². The van der Waals surface area contributed by atoms with Gasteiger partial charge in [0.25, 0.3) is 0 Å². The molecular weight excluding hydrogens is 244 g/mol. The summed E-state index contributed by atoms with van der Waals surface area (Å²) in [6, 6.07) is 2.18. The zero-order valence-electron chi connectivity index (χ0n) is 11.4. The Labute approximate surface area is 113 Å². The fourth-order valence-corrected chi connectivity index (χ4v) is 3.53. The summed E-state index contributed by atoms with van der Waals surface area (Å²) in [5.41, 5.74) is 1.26. The smallest absolute Gasteiger partial charge is 0.317 e. The maximum absolute atomic E-state index is 12.1. The summed E-state index contributed by atoms with van der Waals surface area (Å²) in [5.74, 6) is 1.23. The molecule has 3 nitrogen and oxygen atoms in total. The van der Waals surface area contributed by atoms with Gasteiger partial charge in [0.05, 0.1) is 6.54 Å². The summed E-state index contributed by atoms with van der Waals surface area (Å²) in [6.45, 7) is 8.96. The summed E-state index contributed by atoms with van der Waals surface area (Å²) in [4.78, 5) is 15.3. The molecule has 1 aromatic rings. The van der Waals surface area contributed by atoms with E-state index in [0.29, 0.717) is 18.4 Å². The molecule has 0 aliphatic carbocycles. The molecule has 0 saturated carbocycles. The van der Waals surface area contributed by atoms with Crippen molar-refractivity contribution >= 4 is 17.4 Å². The first-order valence-electron chi connectivity index (χ1n) is 6.62. The fourth-order valence-electron chi connectivity index (χ4n) is 2.68. The summed E-state index contributed by atoms with van der Waals surface area (Å²) in [5, 5.41) is 5.11. The molecule has 2 atom stereocenters. The second-order valence-electron chi connectivity index (χ2n) is 5.54. The quantitative estimate of drug-likeness (QED) is 0.875. The monoisotopic (exact) mass is 266 g/mol. The molecular formula is C14H22N2OS. The summed E-state index contributed by atoms with van der Waals surface area (Å²) in [7, 11) is 0. The highest BCUT2D eigenvalue weighted by molar-refractivity contribution is 7.10. The number of likely N-dealkylation sites (tertiary alicyclic amines) is 1. The van der Waals surface area contributed by atoms with Gasteiger partial charge >= 0.3 is 6.03 Å². The molecule has 1 aliphatic rings. The zero-order chi connectivity index (χ0) is 13.1. The van der Waals surface area contributed by atoms with Crippen molar-refractivity contribution in [2.75, 3.05) is 13.1 Å². The minimum absolute atomic E-state index is 0.0844. The number of carbonyl (C=O) groups is 1. The Morgan fingerprint density at radius 1 is 1.44 bits per heavy atom. The topological polar surface area (TPSA) is 32.3 Å². The molecule has 2 amide bonds. The average Bonchev–Trinajstić information content (AvgIpc) is 2.70. The normalized spacial score (nSPS) is 24.1. The highest BCUT2D eigenvalue weighted by Crippen LogP contribution is 2.21. The molecule has 2 rings (SSSR count). The van der Waals surface area contributed by atoms with E-state index in [-0.39, 0.29) is 6.03 Å². The van der Waals surface area contributed by atoms with Gasteiger partial charge in [0.15, 0.2) is 0 Å². The zero-order valence-corrected chi connectivity index (χ0v) is 12.2. The van der Waals surface area contributed by atoms with Crippen LogP contribution in [-0.2, 0) is 6.54 Å². The van der Waals surface area contributed by atoms with E-state index in [2.05, 4.69) is 37.5 Å². The molecule has 18 heavy (non-hydrogen) atoms. The molecule has 100 valence electrons. The minimum Gasteiger partial charge on any atom is -0.333 e. The maximum atomic E-state index is 12.1. The van der Waals surface area contributed by atoms with Crippen LogP contribution in [0, 0.1) is 18.8 Å². The van der Waals surface area contributed by atoms with Crippen molar-refractivity contribution in [2.24, 2.45) is 11.8 Å². The maximum Gasteiger partial charge on any atom is 0.317 e. The van der Waals surface area contributed by atoms with Crippen molar-refractivity contribution in [1.82, 2.24) is 10.2 Å². The molecule has 0 spiro atoms. The molecule has 1 fully saturated rings. The fraction of sp³-hybridized carbons (Fsp3) is 0.643. The molecule has 2 heterocycles. The van der Waals surface area contributed by atoms with Crippen LogP contribution in [-0.4, -0.2) is 24.0 Å². The van der Waals surface area contributed by atoms with E-state index in [9.17, 15) is 4.79 Å². The number of hydrogen-bond acceptors (Lipinski definition) is 2. The number of thiophene rings is 1. The Balaban J connectivity index is 1.86. The van der Waals surface area contributed by atoms with E-state index >= 15 is 0 Å². The Hall–Kier alpha value is -1.03. The first-order chi connectivity index (χ1) is 8.56. The first kappa shape index (κ1) is 13.4. The van der Waals surface area contributed by atoms with Crippen LogP contribution in [0.1, 0.15) is 30.7 Å². The van der Waals surface area contributed by atoms with E-state index in [0.717, 1.165) is 13.1 Å². The Bertz CT molecular complexity index is 406. The van der Waals surface area contributed by atoms with Gasteiger partial charge in [0, 0.05) is 18.0 Å². The van der Waals surface area contributed by atoms with Crippen LogP contribution in [0.4, 0.5) is 4.79 Å². The van der Waals surface area contributed by atoms with Gasteiger partial charge < -0.3 is 10.2 Å². The number of hydrogen-bond donors (Lipinski definition) is 1. The highest BCUT2D eigenvalue weighted by Gasteiger charge is 2.25. The van der Waals surface area contributed by atoms with E-state index in [1.165, 1.54) is 16.9 Å². The summed E-state index contributed by atoms with van der Waals surface area (Å²) in [6.07, 6.45) is 1.23. The predicted molar refractivity (Wildman–Crippen MR) is 75.8 cm³/mol. The Morgan fingerprint density at radius 3 is 2.67 bits per heavy atom. The lowest BCUT2D eigenvalue weighted by molar-refractivity contribution is 0.146. The lowest BCUT2D eigenvalue weighted by Gasteiger charge is -2.34. The molecule has 2 unspecified atom stereocenters. The van der Waals surface area contributed by atoms with Crippen LogP contribution in [0.3, 0.4) is 0 Å². The first-order valence-corrected chi connectivity index (χ1v) is 7.50. The SMILES string of the molecule is Cc1ccsc1CNC(=O)N1CC(C)CC(C)C1. The van der Waals surface area contributed by atoms with Crippen LogP contribution in [0.15, 0.2) is 11.4 Å².